The molecule has 0 spiro atoms. The molecule has 0 aliphatic carbocycles. The third kappa shape index (κ3) is 2.43. The maximum atomic E-state index is 4.66. The van der Waals surface area contributed by atoms with Gasteiger partial charge in [0.2, 0.25) is 0 Å². The molecule has 4 heteroatoms. The molecular weight excluding hydrogens is 314 g/mol. The first-order valence-corrected chi connectivity index (χ1v) is 7.35. The van der Waals surface area contributed by atoms with Crippen LogP contribution in [0.5, 0.6) is 0 Å². The lowest BCUT2D eigenvalue weighted by atomic mass is 10.2. The summed E-state index contributed by atoms with van der Waals surface area (Å²) in [6.45, 7) is 2.78. The number of nitrogens with one attached hydrogen (secondary N) is 1. The van der Waals surface area contributed by atoms with Crippen LogP contribution in [0, 0.1) is 6.92 Å². The number of hydrogen-bond donors (Lipinski definition) is 1. The average molecular weight is 330 g/mol. The van der Waals surface area contributed by atoms with Crippen molar-refractivity contribution in [2.45, 2.75) is 13.5 Å². The predicted molar refractivity (Wildman–Crippen MR) is 86.9 cm³/mol. The molecule has 0 bridgehead atoms. The van der Waals surface area contributed by atoms with Gasteiger partial charge in [-0.25, -0.2) is 4.98 Å². The Balaban J connectivity index is 1.85. The van der Waals surface area contributed by atoms with E-state index in [1.807, 2.05) is 18.2 Å². The lowest BCUT2D eigenvalue weighted by Gasteiger charge is -2.09. The Kier molecular flexibility index (Phi) is 3.49. The van der Waals surface area contributed by atoms with Crippen LogP contribution in [0.2, 0.25) is 0 Å². The molecule has 1 aromatic heterocycles. The number of para-hydroxylation sites is 2. The number of halogens is 1. The number of rotatable bonds is 3. The summed E-state index contributed by atoms with van der Waals surface area (Å²) in [5.74, 6) is 1.03. The molecule has 0 amide bonds. The summed E-state index contributed by atoms with van der Waals surface area (Å²) in [5.41, 5.74) is 4.52. The maximum absolute atomic E-state index is 4.66. The number of aryl methyl sites for hydroxylation is 2. The van der Waals surface area contributed by atoms with Crippen LogP contribution >= 0.6 is 15.9 Å². The minimum atomic E-state index is 0.701. The molecule has 0 fully saturated rings. The molecule has 3 nitrogen and oxygen atoms in total. The smallest absolute Gasteiger partial charge is 0.128 e. The Hall–Kier alpha value is -1.81. The Morgan fingerprint density at radius 1 is 1.20 bits per heavy atom. The van der Waals surface area contributed by atoms with Crippen molar-refractivity contribution >= 4 is 32.7 Å². The summed E-state index contributed by atoms with van der Waals surface area (Å²) in [5, 5.41) is 3.43. The van der Waals surface area contributed by atoms with Crippen molar-refractivity contribution < 1.29 is 0 Å². The zero-order valence-corrected chi connectivity index (χ0v) is 13.1. The quantitative estimate of drug-likeness (QED) is 0.778. The molecular formula is C16H16BrN3. The minimum Gasteiger partial charge on any atom is -0.377 e. The molecule has 20 heavy (non-hydrogen) atoms. The van der Waals surface area contributed by atoms with Gasteiger partial charge in [-0.2, -0.15) is 0 Å². The molecule has 0 saturated heterocycles. The van der Waals surface area contributed by atoms with Gasteiger partial charge in [-0.15, -0.1) is 0 Å². The van der Waals surface area contributed by atoms with Crippen molar-refractivity contribution in [2.75, 3.05) is 5.32 Å². The maximum Gasteiger partial charge on any atom is 0.128 e. The number of imidazole rings is 1. The fraction of sp³-hybridized carbons (Fsp3) is 0.188. The molecule has 1 heterocycles. The lowest BCUT2D eigenvalue weighted by molar-refractivity contribution is 0.834. The van der Waals surface area contributed by atoms with Gasteiger partial charge in [0.05, 0.1) is 17.6 Å². The van der Waals surface area contributed by atoms with E-state index in [-0.39, 0.29) is 0 Å². The van der Waals surface area contributed by atoms with E-state index in [1.54, 1.807) is 0 Å². The molecule has 0 aliphatic rings. The third-order valence-electron chi connectivity index (χ3n) is 3.44. The summed E-state index contributed by atoms with van der Waals surface area (Å²) >= 11 is 3.58. The molecule has 3 aromatic rings. The normalized spacial score (nSPS) is 10.9. The molecule has 0 saturated carbocycles. The fourth-order valence-corrected chi connectivity index (χ4v) is 2.92. The molecule has 0 unspecified atom stereocenters. The Morgan fingerprint density at radius 3 is 2.75 bits per heavy atom. The molecule has 0 atom stereocenters. The van der Waals surface area contributed by atoms with E-state index in [2.05, 4.69) is 69.0 Å². The zero-order valence-electron chi connectivity index (χ0n) is 11.5. The largest absolute Gasteiger partial charge is 0.377 e. The van der Waals surface area contributed by atoms with E-state index in [0.29, 0.717) is 6.54 Å². The fourth-order valence-electron chi connectivity index (χ4n) is 2.29. The Bertz CT molecular complexity index is 762. The molecule has 0 radical (unpaired) electrons. The van der Waals surface area contributed by atoms with Crippen LogP contribution in [0.1, 0.15) is 11.4 Å². The minimum absolute atomic E-state index is 0.701. The summed E-state index contributed by atoms with van der Waals surface area (Å²) < 4.78 is 3.21. The van der Waals surface area contributed by atoms with Crippen molar-refractivity contribution in [3.63, 3.8) is 0 Å². The topological polar surface area (TPSA) is 29.9 Å². The number of fused-ring (bicyclic) bond motifs is 1. The van der Waals surface area contributed by atoms with Crippen LogP contribution in [-0.4, -0.2) is 9.55 Å². The van der Waals surface area contributed by atoms with Crippen molar-refractivity contribution in [3.8, 4) is 0 Å². The second-order valence-electron chi connectivity index (χ2n) is 4.91. The van der Waals surface area contributed by atoms with Gasteiger partial charge in [-0.1, -0.05) is 18.2 Å². The molecule has 0 aliphatic heterocycles. The number of aromatic nitrogens is 2. The predicted octanol–water partition coefficient (Wildman–Crippen LogP) is 4.26. The number of benzene rings is 2. The SMILES string of the molecule is Cc1ccc(NCc2nc3ccccc3n2C)c(Br)c1. The van der Waals surface area contributed by atoms with Crippen LogP contribution in [0.4, 0.5) is 5.69 Å². The van der Waals surface area contributed by atoms with E-state index in [9.17, 15) is 0 Å². The molecule has 1 N–H and O–H groups in total. The summed E-state index contributed by atoms with van der Waals surface area (Å²) in [7, 11) is 2.05. The van der Waals surface area contributed by atoms with Crippen LogP contribution in [0.15, 0.2) is 46.9 Å². The average Bonchev–Trinajstić information content (AvgIpc) is 2.75. The van der Waals surface area contributed by atoms with Gasteiger partial charge in [0.15, 0.2) is 0 Å². The highest BCUT2D eigenvalue weighted by molar-refractivity contribution is 9.10. The highest BCUT2D eigenvalue weighted by Crippen LogP contribution is 2.24. The second kappa shape index (κ2) is 5.29. The first-order chi connectivity index (χ1) is 9.65. The van der Waals surface area contributed by atoms with Crippen molar-refractivity contribution in [2.24, 2.45) is 7.05 Å². The van der Waals surface area contributed by atoms with Gasteiger partial charge in [0.25, 0.3) is 0 Å². The second-order valence-corrected chi connectivity index (χ2v) is 5.77. The van der Waals surface area contributed by atoms with Crippen LogP contribution in [-0.2, 0) is 13.6 Å². The number of anilines is 1. The summed E-state index contributed by atoms with van der Waals surface area (Å²) in [6.07, 6.45) is 0. The van der Waals surface area contributed by atoms with E-state index in [0.717, 1.165) is 27.0 Å². The number of nitrogens with zero attached hydrogens (tertiary/aromatic N) is 2. The number of hydrogen-bond acceptors (Lipinski definition) is 2. The first kappa shape index (κ1) is 13.2. The Labute approximate surface area is 126 Å². The Morgan fingerprint density at radius 2 is 2.00 bits per heavy atom. The van der Waals surface area contributed by atoms with Gasteiger partial charge < -0.3 is 9.88 Å². The van der Waals surface area contributed by atoms with Gasteiger partial charge >= 0.3 is 0 Å². The van der Waals surface area contributed by atoms with Crippen LogP contribution < -0.4 is 5.32 Å². The highest BCUT2D eigenvalue weighted by Gasteiger charge is 2.07. The lowest BCUT2D eigenvalue weighted by Crippen LogP contribution is -2.06. The summed E-state index contributed by atoms with van der Waals surface area (Å²) in [4.78, 5) is 4.66. The van der Waals surface area contributed by atoms with Gasteiger partial charge in [0, 0.05) is 17.2 Å². The van der Waals surface area contributed by atoms with Crippen molar-refractivity contribution in [1.29, 1.82) is 0 Å². The van der Waals surface area contributed by atoms with Gasteiger partial charge in [-0.05, 0) is 52.7 Å². The molecule has 102 valence electrons. The van der Waals surface area contributed by atoms with Crippen molar-refractivity contribution in [1.82, 2.24) is 9.55 Å². The zero-order chi connectivity index (χ0) is 14.1. The monoisotopic (exact) mass is 329 g/mol. The summed E-state index contributed by atoms with van der Waals surface area (Å²) in [6, 6.07) is 14.5. The van der Waals surface area contributed by atoms with E-state index in [1.165, 1.54) is 5.56 Å². The van der Waals surface area contributed by atoms with Crippen molar-refractivity contribution in [3.05, 3.63) is 58.3 Å². The third-order valence-corrected chi connectivity index (χ3v) is 4.10. The van der Waals surface area contributed by atoms with Crippen LogP contribution in [0.3, 0.4) is 0 Å². The van der Waals surface area contributed by atoms with Crippen LogP contribution in [0.25, 0.3) is 11.0 Å². The molecule has 3 rings (SSSR count). The van der Waals surface area contributed by atoms with E-state index in [4.69, 9.17) is 0 Å². The molecule has 2 aromatic carbocycles. The highest BCUT2D eigenvalue weighted by atomic mass is 79.9. The van der Waals surface area contributed by atoms with E-state index >= 15 is 0 Å². The standard InChI is InChI=1S/C16H16BrN3/c1-11-7-8-13(12(17)9-11)18-10-16-19-14-5-3-4-6-15(14)20(16)2/h3-9,18H,10H2,1-2H3. The first-order valence-electron chi connectivity index (χ1n) is 6.55. The van der Waals surface area contributed by atoms with Gasteiger partial charge in [-0.3, -0.25) is 0 Å². The van der Waals surface area contributed by atoms with E-state index < -0.39 is 0 Å². The van der Waals surface area contributed by atoms with Gasteiger partial charge in [0.1, 0.15) is 5.82 Å².